The van der Waals surface area contributed by atoms with E-state index < -0.39 is 6.36 Å². The number of halogens is 3. The Kier molecular flexibility index (Phi) is 6.41. The Balaban J connectivity index is 1.99. The lowest BCUT2D eigenvalue weighted by Gasteiger charge is -2.11. The summed E-state index contributed by atoms with van der Waals surface area (Å²) in [6.07, 6.45) is -2.73. The van der Waals surface area contributed by atoms with Crippen LogP contribution in [-0.4, -0.2) is 26.6 Å². The Morgan fingerprint density at radius 1 is 1.00 bits per heavy atom. The minimum absolute atomic E-state index is 0.0327. The quantitative estimate of drug-likeness (QED) is 0.527. The van der Waals surface area contributed by atoms with Crippen molar-refractivity contribution in [3.63, 3.8) is 0 Å². The number of methoxy groups -OCH3 is 1. The summed E-state index contributed by atoms with van der Waals surface area (Å²) in [6, 6.07) is 11.0. The highest BCUT2D eigenvalue weighted by atomic mass is 19.4. The first-order valence-electron chi connectivity index (χ1n) is 7.46. The molecule has 0 bridgehead atoms. The standard InChI is InChI=1S/C18H17F3O4/c1-23-12-24-17-10-14(4-7-15(17)11-22)3-2-13-5-8-16(9-6-13)25-18(19,20)21/h4-11H,2-3,12H2,1H3. The average molecular weight is 354 g/mol. The smallest absolute Gasteiger partial charge is 0.467 e. The van der Waals surface area contributed by atoms with E-state index in [4.69, 9.17) is 9.47 Å². The van der Waals surface area contributed by atoms with Gasteiger partial charge in [-0.3, -0.25) is 4.79 Å². The average Bonchev–Trinajstić information content (AvgIpc) is 2.58. The van der Waals surface area contributed by atoms with Gasteiger partial charge in [-0.25, -0.2) is 0 Å². The molecule has 0 atom stereocenters. The summed E-state index contributed by atoms with van der Waals surface area (Å²) in [5, 5.41) is 0. The minimum Gasteiger partial charge on any atom is -0.467 e. The van der Waals surface area contributed by atoms with E-state index in [9.17, 15) is 18.0 Å². The van der Waals surface area contributed by atoms with Gasteiger partial charge in [0.25, 0.3) is 0 Å². The second kappa shape index (κ2) is 8.53. The molecule has 0 aromatic heterocycles. The maximum absolute atomic E-state index is 12.1. The third-order valence-electron chi connectivity index (χ3n) is 3.40. The van der Waals surface area contributed by atoms with Crippen molar-refractivity contribution in [1.29, 1.82) is 0 Å². The lowest BCUT2D eigenvalue weighted by molar-refractivity contribution is -0.274. The molecule has 0 amide bonds. The van der Waals surface area contributed by atoms with Crippen molar-refractivity contribution in [2.45, 2.75) is 19.2 Å². The third-order valence-corrected chi connectivity index (χ3v) is 3.40. The lowest BCUT2D eigenvalue weighted by Crippen LogP contribution is -2.17. The monoisotopic (exact) mass is 354 g/mol. The predicted octanol–water partition coefficient (Wildman–Crippen LogP) is 4.17. The molecule has 0 saturated heterocycles. The van der Waals surface area contributed by atoms with Crippen LogP contribution >= 0.6 is 0 Å². The number of carbonyl (C=O) groups is 1. The number of hydrogen-bond acceptors (Lipinski definition) is 4. The normalized spacial score (nSPS) is 11.2. The highest BCUT2D eigenvalue weighted by molar-refractivity contribution is 5.79. The highest BCUT2D eigenvalue weighted by Gasteiger charge is 2.30. The van der Waals surface area contributed by atoms with E-state index in [1.54, 1.807) is 24.3 Å². The van der Waals surface area contributed by atoms with Crippen LogP contribution in [0, 0.1) is 0 Å². The van der Waals surface area contributed by atoms with Crippen LogP contribution in [0.5, 0.6) is 11.5 Å². The van der Waals surface area contributed by atoms with Crippen molar-refractivity contribution in [2.24, 2.45) is 0 Å². The first-order valence-corrected chi connectivity index (χ1v) is 7.46. The Hall–Kier alpha value is -2.54. The number of alkyl halides is 3. The molecule has 0 spiro atoms. The molecular weight excluding hydrogens is 337 g/mol. The largest absolute Gasteiger partial charge is 0.573 e. The Labute approximate surface area is 143 Å². The van der Waals surface area contributed by atoms with Gasteiger partial charge in [-0.2, -0.15) is 0 Å². The number of carbonyl (C=O) groups excluding carboxylic acids is 1. The minimum atomic E-state index is -4.69. The summed E-state index contributed by atoms with van der Waals surface area (Å²) in [5.41, 5.74) is 2.23. The molecule has 2 aromatic carbocycles. The van der Waals surface area contributed by atoms with E-state index in [1.807, 2.05) is 6.07 Å². The molecule has 0 N–H and O–H groups in total. The first kappa shape index (κ1) is 18.8. The van der Waals surface area contributed by atoms with Gasteiger partial charge in [-0.05, 0) is 48.2 Å². The SMILES string of the molecule is COCOc1cc(CCc2ccc(OC(F)(F)F)cc2)ccc1C=O. The number of rotatable bonds is 8. The topological polar surface area (TPSA) is 44.8 Å². The van der Waals surface area contributed by atoms with Crippen LogP contribution in [0.2, 0.25) is 0 Å². The fourth-order valence-corrected chi connectivity index (χ4v) is 2.23. The van der Waals surface area contributed by atoms with E-state index in [1.165, 1.54) is 19.2 Å². The molecule has 0 aliphatic carbocycles. The molecule has 7 heteroatoms. The van der Waals surface area contributed by atoms with E-state index in [-0.39, 0.29) is 12.5 Å². The second-order valence-corrected chi connectivity index (χ2v) is 5.23. The molecule has 0 saturated carbocycles. The van der Waals surface area contributed by atoms with Crippen molar-refractivity contribution in [3.05, 3.63) is 59.2 Å². The van der Waals surface area contributed by atoms with E-state index in [0.29, 0.717) is 30.4 Å². The molecule has 0 radical (unpaired) electrons. The second-order valence-electron chi connectivity index (χ2n) is 5.23. The summed E-state index contributed by atoms with van der Waals surface area (Å²) in [6.45, 7) is 0.0327. The van der Waals surface area contributed by atoms with Gasteiger partial charge in [-0.15, -0.1) is 13.2 Å². The number of hydrogen-bond donors (Lipinski definition) is 0. The van der Waals surface area contributed by atoms with Gasteiger partial charge < -0.3 is 14.2 Å². The molecule has 0 aliphatic rings. The zero-order valence-electron chi connectivity index (χ0n) is 13.5. The maximum Gasteiger partial charge on any atom is 0.573 e. The number of aryl methyl sites for hydroxylation is 2. The van der Waals surface area contributed by atoms with Crippen molar-refractivity contribution in [1.82, 2.24) is 0 Å². The van der Waals surface area contributed by atoms with Crippen LogP contribution in [0.1, 0.15) is 21.5 Å². The fourth-order valence-electron chi connectivity index (χ4n) is 2.23. The Morgan fingerprint density at radius 2 is 1.64 bits per heavy atom. The zero-order chi connectivity index (χ0) is 18.3. The summed E-state index contributed by atoms with van der Waals surface area (Å²) in [5.74, 6) is 0.185. The summed E-state index contributed by atoms with van der Waals surface area (Å²) >= 11 is 0. The summed E-state index contributed by atoms with van der Waals surface area (Å²) in [4.78, 5) is 11.0. The fraction of sp³-hybridized carbons (Fsp3) is 0.278. The van der Waals surface area contributed by atoms with E-state index >= 15 is 0 Å². The Bertz CT molecular complexity index is 696. The van der Waals surface area contributed by atoms with Crippen LogP contribution in [-0.2, 0) is 17.6 Å². The molecule has 0 aliphatic heterocycles. The number of aldehydes is 1. The molecule has 0 heterocycles. The molecule has 0 unspecified atom stereocenters. The van der Waals surface area contributed by atoms with Gasteiger partial charge in [0.2, 0.25) is 0 Å². The van der Waals surface area contributed by atoms with Crippen LogP contribution < -0.4 is 9.47 Å². The first-order chi connectivity index (χ1) is 11.9. The van der Waals surface area contributed by atoms with Gasteiger partial charge in [0.15, 0.2) is 13.1 Å². The molecular formula is C18H17F3O4. The number of ether oxygens (including phenoxy) is 3. The van der Waals surface area contributed by atoms with Crippen molar-refractivity contribution < 1.29 is 32.2 Å². The van der Waals surface area contributed by atoms with E-state index in [2.05, 4.69) is 4.74 Å². The lowest BCUT2D eigenvalue weighted by atomic mass is 10.0. The van der Waals surface area contributed by atoms with Crippen LogP contribution in [0.3, 0.4) is 0 Å². The highest BCUT2D eigenvalue weighted by Crippen LogP contribution is 2.24. The number of benzene rings is 2. The predicted molar refractivity (Wildman–Crippen MR) is 84.9 cm³/mol. The van der Waals surface area contributed by atoms with Gasteiger partial charge in [0.1, 0.15) is 11.5 Å². The molecule has 134 valence electrons. The summed E-state index contributed by atoms with van der Waals surface area (Å²) in [7, 11) is 1.48. The van der Waals surface area contributed by atoms with Crippen molar-refractivity contribution >= 4 is 6.29 Å². The molecule has 2 aromatic rings. The van der Waals surface area contributed by atoms with Crippen LogP contribution in [0.4, 0.5) is 13.2 Å². The van der Waals surface area contributed by atoms with Crippen molar-refractivity contribution in [2.75, 3.05) is 13.9 Å². The summed E-state index contributed by atoms with van der Waals surface area (Å²) < 4.78 is 50.4. The molecule has 4 nitrogen and oxygen atoms in total. The molecule has 25 heavy (non-hydrogen) atoms. The molecule has 0 fully saturated rings. The zero-order valence-corrected chi connectivity index (χ0v) is 13.5. The third kappa shape index (κ3) is 6.11. The van der Waals surface area contributed by atoms with Gasteiger partial charge >= 0.3 is 6.36 Å². The van der Waals surface area contributed by atoms with Crippen LogP contribution in [0.25, 0.3) is 0 Å². The molecule has 2 rings (SSSR count). The van der Waals surface area contributed by atoms with E-state index in [0.717, 1.165) is 11.1 Å². The maximum atomic E-state index is 12.1. The van der Waals surface area contributed by atoms with Gasteiger partial charge in [0, 0.05) is 7.11 Å². The van der Waals surface area contributed by atoms with Gasteiger partial charge in [-0.1, -0.05) is 18.2 Å². The Morgan fingerprint density at radius 3 is 2.24 bits per heavy atom. The van der Waals surface area contributed by atoms with Gasteiger partial charge in [0.05, 0.1) is 5.56 Å². The van der Waals surface area contributed by atoms with Crippen LogP contribution in [0.15, 0.2) is 42.5 Å². The van der Waals surface area contributed by atoms with Crippen molar-refractivity contribution in [3.8, 4) is 11.5 Å².